The monoisotopic (exact) mass is 311 g/mol. The van der Waals surface area contributed by atoms with Crippen LogP contribution in [0.4, 0.5) is 0 Å². The predicted octanol–water partition coefficient (Wildman–Crippen LogP) is 4.31. The summed E-state index contributed by atoms with van der Waals surface area (Å²) in [6, 6.07) is 19.6. The summed E-state index contributed by atoms with van der Waals surface area (Å²) in [7, 11) is 0. The largest absolute Gasteiger partial charge is 0.440 e. The van der Waals surface area contributed by atoms with Gasteiger partial charge in [0.2, 0.25) is 5.89 Å². The van der Waals surface area contributed by atoms with Crippen LogP contribution in [0.3, 0.4) is 0 Å². The summed E-state index contributed by atoms with van der Waals surface area (Å²) in [5.74, 6) is 2.73. The van der Waals surface area contributed by atoms with E-state index >= 15 is 0 Å². The van der Waals surface area contributed by atoms with Crippen molar-refractivity contribution in [3.8, 4) is 11.3 Å². The maximum atomic E-state index is 10.1. The van der Waals surface area contributed by atoms with Gasteiger partial charge < -0.3 is 9.52 Å². The van der Waals surface area contributed by atoms with Crippen LogP contribution in [0.1, 0.15) is 17.6 Å². The van der Waals surface area contributed by atoms with Crippen molar-refractivity contribution >= 4 is 11.8 Å². The third kappa shape index (κ3) is 3.78. The van der Waals surface area contributed by atoms with Gasteiger partial charge in [0.25, 0.3) is 0 Å². The highest BCUT2D eigenvalue weighted by atomic mass is 32.2. The van der Waals surface area contributed by atoms with E-state index in [-0.39, 0.29) is 0 Å². The van der Waals surface area contributed by atoms with Crippen LogP contribution in [-0.4, -0.2) is 15.8 Å². The van der Waals surface area contributed by atoms with E-state index in [0.29, 0.717) is 17.4 Å². The topological polar surface area (TPSA) is 46.3 Å². The van der Waals surface area contributed by atoms with Crippen LogP contribution in [0.2, 0.25) is 0 Å². The molecule has 4 heteroatoms. The zero-order valence-corrected chi connectivity index (χ0v) is 12.9. The molecule has 0 aliphatic rings. The molecule has 1 aromatic heterocycles. The molecule has 0 spiro atoms. The van der Waals surface area contributed by atoms with Crippen LogP contribution in [0.15, 0.2) is 71.3 Å². The third-order valence-electron chi connectivity index (χ3n) is 3.30. The average Bonchev–Trinajstić information content (AvgIpc) is 3.05. The Labute approximate surface area is 134 Å². The number of aliphatic hydroxyl groups excluding tert-OH is 1. The Kier molecular flexibility index (Phi) is 4.93. The van der Waals surface area contributed by atoms with E-state index in [0.717, 1.165) is 16.9 Å². The number of oxazole rings is 1. The van der Waals surface area contributed by atoms with Crippen molar-refractivity contribution in [2.24, 2.45) is 0 Å². The summed E-state index contributed by atoms with van der Waals surface area (Å²) in [4.78, 5) is 4.29. The van der Waals surface area contributed by atoms with Gasteiger partial charge in [-0.1, -0.05) is 60.7 Å². The summed E-state index contributed by atoms with van der Waals surface area (Å²) in [5, 5.41) is 10.1. The van der Waals surface area contributed by atoms with Crippen molar-refractivity contribution in [2.45, 2.75) is 11.9 Å². The lowest BCUT2D eigenvalue weighted by molar-refractivity contribution is 0.204. The smallest absolute Gasteiger partial charge is 0.204 e. The molecule has 2 aromatic carbocycles. The molecule has 0 fully saturated rings. The van der Waals surface area contributed by atoms with E-state index in [9.17, 15) is 5.11 Å². The maximum absolute atomic E-state index is 10.1. The quantitative estimate of drug-likeness (QED) is 0.737. The van der Waals surface area contributed by atoms with E-state index < -0.39 is 6.10 Å². The molecule has 112 valence electrons. The van der Waals surface area contributed by atoms with E-state index in [1.54, 1.807) is 18.0 Å². The molecule has 3 nitrogen and oxygen atoms in total. The first-order chi connectivity index (χ1) is 10.8. The fraction of sp³-hybridized carbons (Fsp3) is 0.167. The Bertz CT molecular complexity index is 697. The van der Waals surface area contributed by atoms with E-state index in [4.69, 9.17) is 4.42 Å². The molecule has 1 N–H and O–H groups in total. The Morgan fingerprint density at radius 2 is 1.68 bits per heavy atom. The summed E-state index contributed by atoms with van der Waals surface area (Å²) in [6.07, 6.45) is 1.29. The molecular formula is C18H17NO2S. The van der Waals surface area contributed by atoms with Gasteiger partial charge in [0.1, 0.15) is 0 Å². The fourth-order valence-electron chi connectivity index (χ4n) is 2.14. The number of hydrogen-bond acceptors (Lipinski definition) is 4. The first kappa shape index (κ1) is 14.9. The van der Waals surface area contributed by atoms with Crippen molar-refractivity contribution in [1.29, 1.82) is 0 Å². The minimum atomic E-state index is -0.463. The molecule has 1 heterocycles. The lowest BCUT2D eigenvalue weighted by Crippen LogP contribution is -2.00. The lowest BCUT2D eigenvalue weighted by Gasteiger charge is -2.09. The summed E-state index contributed by atoms with van der Waals surface area (Å²) in [6.45, 7) is 0. The van der Waals surface area contributed by atoms with Crippen LogP contribution in [0.5, 0.6) is 0 Å². The van der Waals surface area contributed by atoms with Crippen LogP contribution < -0.4 is 0 Å². The van der Waals surface area contributed by atoms with Gasteiger partial charge in [0.15, 0.2) is 5.76 Å². The summed E-state index contributed by atoms with van der Waals surface area (Å²) in [5.41, 5.74) is 1.96. The van der Waals surface area contributed by atoms with Gasteiger partial charge in [0, 0.05) is 11.3 Å². The molecule has 0 radical (unpaired) electrons. The van der Waals surface area contributed by atoms with Gasteiger partial charge in [-0.25, -0.2) is 4.98 Å². The Balaban J connectivity index is 1.53. The number of aromatic nitrogens is 1. The molecule has 0 aliphatic carbocycles. The fourth-order valence-corrected chi connectivity index (χ4v) is 2.98. The first-order valence-electron chi connectivity index (χ1n) is 7.14. The van der Waals surface area contributed by atoms with Gasteiger partial charge in [-0.2, -0.15) is 0 Å². The van der Waals surface area contributed by atoms with E-state index in [1.807, 2.05) is 60.7 Å². The number of aliphatic hydroxyl groups is 1. The number of rotatable bonds is 6. The minimum Gasteiger partial charge on any atom is -0.440 e. The number of nitrogens with zero attached hydrogens (tertiary/aromatic N) is 1. The second-order valence-electron chi connectivity index (χ2n) is 4.93. The van der Waals surface area contributed by atoms with Gasteiger partial charge in [-0.3, -0.25) is 0 Å². The molecule has 0 saturated carbocycles. The summed E-state index contributed by atoms with van der Waals surface area (Å²) >= 11 is 1.61. The standard InChI is InChI=1S/C18H17NO2S/c20-16(14-7-3-1-4-8-14)12-22-13-18-19-11-17(21-18)15-9-5-2-6-10-15/h1-11,16,20H,12-13H2. The van der Waals surface area contributed by atoms with E-state index in [1.165, 1.54) is 0 Å². The van der Waals surface area contributed by atoms with Crippen molar-refractivity contribution in [3.63, 3.8) is 0 Å². The number of thioether (sulfide) groups is 1. The highest BCUT2D eigenvalue weighted by molar-refractivity contribution is 7.98. The van der Waals surface area contributed by atoms with Gasteiger partial charge in [-0.15, -0.1) is 11.8 Å². The zero-order chi connectivity index (χ0) is 15.2. The maximum Gasteiger partial charge on any atom is 0.204 e. The molecule has 1 atom stereocenters. The van der Waals surface area contributed by atoms with Crippen LogP contribution in [-0.2, 0) is 5.75 Å². The van der Waals surface area contributed by atoms with Crippen molar-refractivity contribution in [3.05, 3.63) is 78.3 Å². The summed E-state index contributed by atoms with van der Waals surface area (Å²) < 4.78 is 5.74. The molecule has 0 amide bonds. The molecule has 0 saturated heterocycles. The van der Waals surface area contributed by atoms with Crippen molar-refractivity contribution < 1.29 is 9.52 Å². The van der Waals surface area contributed by atoms with Crippen LogP contribution in [0.25, 0.3) is 11.3 Å². The van der Waals surface area contributed by atoms with Crippen LogP contribution in [0, 0.1) is 0 Å². The Hall–Kier alpha value is -2.04. The predicted molar refractivity (Wildman–Crippen MR) is 89.5 cm³/mol. The zero-order valence-electron chi connectivity index (χ0n) is 12.1. The Morgan fingerprint density at radius 3 is 2.41 bits per heavy atom. The Morgan fingerprint density at radius 1 is 1.00 bits per heavy atom. The van der Waals surface area contributed by atoms with Crippen molar-refractivity contribution in [1.82, 2.24) is 4.98 Å². The number of hydrogen-bond donors (Lipinski definition) is 1. The van der Waals surface area contributed by atoms with Crippen molar-refractivity contribution in [2.75, 3.05) is 5.75 Å². The number of benzene rings is 2. The third-order valence-corrected chi connectivity index (χ3v) is 4.30. The lowest BCUT2D eigenvalue weighted by atomic mass is 10.1. The van der Waals surface area contributed by atoms with Crippen LogP contribution >= 0.6 is 11.8 Å². The highest BCUT2D eigenvalue weighted by Gasteiger charge is 2.09. The second kappa shape index (κ2) is 7.29. The molecule has 0 aliphatic heterocycles. The SMILES string of the molecule is OC(CSCc1ncc(-c2ccccc2)o1)c1ccccc1. The highest BCUT2D eigenvalue weighted by Crippen LogP contribution is 2.24. The normalized spacial score (nSPS) is 12.2. The van der Waals surface area contributed by atoms with Gasteiger partial charge >= 0.3 is 0 Å². The minimum absolute atomic E-state index is 0.463. The average molecular weight is 311 g/mol. The molecule has 3 aromatic rings. The second-order valence-corrected chi connectivity index (χ2v) is 5.96. The van der Waals surface area contributed by atoms with E-state index in [2.05, 4.69) is 4.98 Å². The molecular weight excluding hydrogens is 294 g/mol. The molecule has 22 heavy (non-hydrogen) atoms. The molecule has 0 bridgehead atoms. The van der Waals surface area contributed by atoms with Gasteiger partial charge in [-0.05, 0) is 5.56 Å². The first-order valence-corrected chi connectivity index (χ1v) is 8.29. The molecule has 3 rings (SSSR count). The molecule has 1 unspecified atom stereocenters. The van der Waals surface area contributed by atoms with Gasteiger partial charge in [0.05, 0.1) is 18.1 Å².